The molecule has 3 aromatic carbocycles. The molecule has 44 heavy (non-hydrogen) atoms. The van der Waals surface area contributed by atoms with Gasteiger partial charge in [-0.2, -0.15) is 26.3 Å². The van der Waals surface area contributed by atoms with Crippen molar-refractivity contribution in [3.63, 3.8) is 0 Å². The van der Waals surface area contributed by atoms with Crippen LogP contribution in [0.5, 0.6) is 11.5 Å². The van der Waals surface area contributed by atoms with Crippen molar-refractivity contribution in [2.75, 3.05) is 19.5 Å². The SMILES string of the molecule is COc1ccc(OC)c(NC(=O)[C@H](OC(=O)c2cccc(C(F)(F)F)c2)[C@H](OC(=O)c2cccc(C(F)(F)F)c2)C(=O)O)c1. The molecule has 1 amide bonds. The fourth-order valence-electron chi connectivity index (χ4n) is 3.62. The van der Waals surface area contributed by atoms with Gasteiger partial charge in [-0.05, 0) is 48.5 Å². The molecule has 0 aliphatic rings. The van der Waals surface area contributed by atoms with Gasteiger partial charge in [0.05, 0.1) is 42.2 Å². The van der Waals surface area contributed by atoms with Crippen molar-refractivity contribution in [3.8, 4) is 11.5 Å². The zero-order valence-corrected chi connectivity index (χ0v) is 22.5. The first-order valence-electron chi connectivity index (χ1n) is 12.1. The summed E-state index contributed by atoms with van der Waals surface area (Å²) in [5.41, 5.74) is -4.26. The number of hydrogen-bond acceptors (Lipinski definition) is 8. The van der Waals surface area contributed by atoms with Crippen LogP contribution in [0.2, 0.25) is 0 Å². The number of esters is 2. The standard InChI is InChI=1S/C28H21F6NO9/c1-41-18-9-10-20(42-2)19(13-18)35-23(36)21(43-25(39)14-5-3-7-16(11-14)27(29,30)31)22(24(37)38)44-26(40)15-6-4-8-17(12-15)28(32,33)34/h3-13,21-22H,1-2H3,(H,35,36)(H,37,38)/t21-,22+/m1/s1. The summed E-state index contributed by atoms with van der Waals surface area (Å²) in [5.74, 6) is -6.69. The normalized spacial score (nSPS) is 12.8. The molecule has 0 fully saturated rings. The summed E-state index contributed by atoms with van der Waals surface area (Å²) in [7, 11) is 2.49. The first kappa shape index (κ1) is 33.2. The summed E-state index contributed by atoms with van der Waals surface area (Å²) >= 11 is 0. The lowest BCUT2D eigenvalue weighted by molar-refractivity contribution is -0.157. The van der Waals surface area contributed by atoms with Gasteiger partial charge < -0.3 is 29.4 Å². The monoisotopic (exact) mass is 629 g/mol. The number of anilines is 1. The van der Waals surface area contributed by atoms with Crippen molar-refractivity contribution in [3.05, 3.63) is 89.0 Å². The minimum Gasteiger partial charge on any atom is -0.497 e. The van der Waals surface area contributed by atoms with E-state index in [0.29, 0.717) is 24.3 Å². The minimum absolute atomic E-state index is 0.00468. The van der Waals surface area contributed by atoms with Gasteiger partial charge in [0.1, 0.15) is 11.5 Å². The van der Waals surface area contributed by atoms with E-state index in [9.17, 15) is 50.6 Å². The van der Waals surface area contributed by atoms with Gasteiger partial charge in [-0.25, -0.2) is 14.4 Å². The third-order valence-corrected chi connectivity index (χ3v) is 5.76. The maximum atomic E-state index is 13.4. The van der Waals surface area contributed by atoms with Gasteiger partial charge >= 0.3 is 30.3 Å². The molecule has 2 atom stereocenters. The maximum absolute atomic E-state index is 13.4. The van der Waals surface area contributed by atoms with E-state index in [-0.39, 0.29) is 17.2 Å². The van der Waals surface area contributed by atoms with Crippen LogP contribution in [0.4, 0.5) is 32.0 Å². The van der Waals surface area contributed by atoms with Gasteiger partial charge in [0.25, 0.3) is 5.91 Å². The Kier molecular flexibility index (Phi) is 10.1. The van der Waals surface area contributed by atoms with Crippen LogP contribution >= 0.6 is 0 Å². The topological polar surface area (TPSA) is 137 Å². The molecule has 0 aliphatic heterocycles. The van der Waals surface area contributed by atoms with Gasteiger partial charge in [-0.3, -0.25) is 4.79 Å². The fourth-order valence-corrected chi connectivity index (χ4v) is 3.62. The average molecular weight is 629 g/mol. The number of aliphatic carboxylic acids is 1. The third kappa shape index (κ3) is 8.17. The third-order valence-electron chi connectivity index (χ3n) is 5.76. The number of rotatable bonds is 10. The molecule has 10 nitrogen and oxygen atoms in total. The number of carbonyl (C=O) groups excluding carboxylic acids is 3. The molecule has 0 saturated heterocycles. The lowest BCUT2D eigenvalue weighted by Crippen LogP contribution is -2.48. The summed E-state index contributed by atoms with van der Waals surface area (Å²) in [6.45, 7) is 0. The Morgan fingerprint density at radius 2 is 1.20 bits per heavy atom. The Labute approximate surface area is 244 Å². The lowest BCUT2D eigenvalue weighted by Gasteiger charge is -2.24. The molecule has 0 radical (unpaired) electrons. The van der Waals surface area contributed by atoms with Crippen LogP contribution in [0.3, 0.4) is 0 Å². The molecule has 3 aromatic rings. The zero-order valence-electron chi connectivity index (χ0n) is 22.5. The van der Waals surface area contributed by atoms with Gasteiger partial charge in [-0.15, -0.1) is 0 Å². The Morgan fingerprint density at radius 3 is 1.64 bits per heavy atom. The molecular weight excluding hydrogens is 608 g/mol. The molecule has 0 aliphatic carbocycles. The summed E-state index contributed by atoms with van der Waals surface area (Å²) in [6, 6.07) is 9.37. The summed E-state index contributed by atoms with van der Waals surface area (Å²) in [4.78, 5) is 51.2. The highest BCUT2D eigenvalue weighted by molar-refractivity contribution is 6.02. The van der Waals surface area contributed by atoms with Crippen molar-refractivity contribution in [1.29, 1.82) is 0 Å². The number of nitrogens with one attached hydrogen (secondary N) is 1. The molecule has 0 aromatic heterocycles. The molecule has 2 N–H and O–H groups in total. The van der Waals surface area contributed by atoms with Crippen LogP contribution in [0.25, 0.3) is 0 Å². The second-order valence-corrected chi connectivity index (χ2v) is 8.70. The Hall–Kier alpha value is -5.28. The molecule has 234 valence electrons. The van der Waals surface area contributed by atoms with Gasteiger partial charge in [0.2, 0.25) is 12.2 Å². The predicted octanol–water partition coefficient (Wildman–Crippen LogP) is 5.22. The quantitative estimate of drug-likeness (QED) is 0.229. The van der Waals surface area contributed by atoms with Crippen LogP contribution in [-0.4, -0.2) is 55.3 Å². The second kappa shape index (κ2) is 13.4. The number of carboxylic acids is 1. The number of carbonyl (C=O) groups is 4. The van der Waals surface area contributed by atoms with Gasteiger partial charge in [-0.1, -0.05) is 12.1 Å². The number of methoxy groups -OCH3 is 2. The van der Waals surface area contributed by atoms with Crippen LogP contribution in [0.1, 0.15) is 31.8 Å². The molecule has 0 heterocycles. The first-order valence-corrected chi connectivity index (χ1v) is 12.1. The highest BCUT2D eigenvalue weighted by atomic mass is 19.4. The maximum Gasteiger partial charge on any atom is 0.416 e. The van der Waals surface area contributed by atoms with Crippen LogP contribution < -0.4 is 14.8 Å². The number of halogens is 6. The second-order valence-electron chi connectivity index (χ2n) is 8.70. The van der Waals surface area contributed by atoms with E-state index in [1.165, 1.54) is 32.4 Å². The highest BCUT2D eigenvalue weighted by Gasteiger charge is 2.42. The highest BCUT2D eigenvalue weighted by Crippen LogP contribution is 2.32. The molecule has 3 rings (SSSR count). The van der Waals surface area contributed by atoms with Crippen molar-refractivity contribution >= 4 is 29.5 Å². The van der Waals surface area contributed by atoms with Crippen molar-refractivity contribution in [2.45, 2.75) is 24.6 Å². The number of hydrogen-bond donors (Lipinski definition) is 2. The van der Waals surface area contributed by atoms with E-state index in [1.807, 2.05) is 0 Å². The molecule has 16 heteroatoms. The first-order chi connectivity index (χ1) is 20.5. The van der Waals surface area contributed by atoms with E-state index in [2.05, 4.69) is 5.32 Å². The van der Waals surface area contributed by atoms with Crippen LogP contribution in [0, 0.1) is 0 Å². The molecule has 0 unspecified atom stereocenters. The number of amides is 1. The van der Waals surface area contributed by atoms with Crippen LogP contribution in [0.15, 0.2) is 66.7 Å². The Balaban J connectivity index is 2.03. The molecular formula is C28H21F6NO9. The lowest BCUT2D eigenvalue weighted by atomic mass is 10.1. The van der Waals surface area contributed by atoms with Crippen molar-refractivity contribution < 1.29 is 69.6 Å². The molecule has 0 bridgehead atoms. The minimum atomic E-state index is -4.89. The van der Waals surface area contributed by atoms with E-state index in [4.69, 9.17) is 18.9 Å². The average Bonchev–Trinajstić information content (AvgIpc) is 2.97. The van der Waals surface area contributed by atoms with Gasteiger partial charge in [0, 0.05) is 6.07 Å². The van der Waals surface area contributed by atoms with E-state index in [0.717, 1.165) is 24.3 Å². The zero-order chi connectivity index (χ0) is 32.8. The Bertz CT molecular complexity index is 1560. The smallest absolute Gasteiger partial charge is 0.416 e. The number of benzene rings is 3. The summed E-state index contributed by atoms with van der Waals surface area (Å²) in [5, 5.41) is 12.0. The number of carboxylic acid groups (broad SMARTS) is 1. The summed E-state index contributed by atoms with van der Waals surface area (Å²) in [6.07, 6.45) is -15.1. The predicted molar refractivity (Wildman–Crippen MR) is 137 cm³/mol. The number of ether oxygens (including phenoxy) is 4. The summed E-state index contributed by atoms with van der Waals surface area (Å²) < 4.78 is 99.0. The largest absolute Gasteiger partial charge is 0.497 e. The van der Waals surface area contributed by atoms with E-state index < -0.39 is 70.6 Å². The van der Waals surface area contributed by atoms with Crippen LogP contribution in [-0.2, 0) is 31.4 Å². The molecule has 0 spiro atoms. The van der Waals surface area contributed by atoms with Crippen molar-refractivity contribution in [1.82, 2.24) is 0 Å². The number of alkyl halides is 6. The van der Waals surface area contributed by atoms with Crippen molar-refractivity contribution in [2.24, 2.45) is 0 Å². The van der Waals surface area contributed by atoms with Gasteiger partial charge in [0.15, 0.2) is 0 Å². The molecule has 0 saturated carbocycles. The van der Waals surface area contributed by atoms with E-state index >= 15 is 0 Å². The Morgan fingerprint density at radius 1 is 0.705 bits per heavy atom. The van der Waals surface area contributed by atoms with E-state index in [1.54, 1.807) is 0 Å². The fraction of sp³-hybridized carbons (Fsp3) is 0.214.